The Kier molecular flexibility index (Phi) is 13.3. The molecule has 0 spiro atoms. The minimum atomic E-state index is -2.07. The lowest BCUT2D eigenvalue weighted by Gasteiger charge is -2.22. The molecule has 15 atom stereocenters. The molecular formula is C34H40O24. The van der Waals surface area contributed by atoms with Crippen LogP contribution >= 0.6 is 0 Å². The molecule has 6 N–H and O–H groups in total. The quantitative estimate of drug-likeness (QED) is 0.0462. The Bertz CT molecular complexity index is 1680. The molecular weight excluding hydrogens is 792 g/mol. The monoisotopic (exact) mass is 832 g/mol. The summed E-state index contributed by atoms with van der Waals surface area (Å²) < 4.78 is 53.9. The van der Waals surface area contributed by atoms with E-state index in [4.69, 9.17) is 47.4 Å². The van der Waals surface area contributed by atoms with Crippen LogP contribution in [0.15, 0.2) is 11.6 Å². The van der Waals surface area contributed by atoms with E-state index in [9.17, 15) is 69.0 Å². The van der Waals surface area contributed by atoms with Crippen molar-refractivity contribution in [3.63, 3.8) is 0 Å². The number of aliphatic hydroxyl groups is 2. The van der Waals surface area contributed by atoms with Crippen molar-refractivity contribution in [3.8, 4) is 0 Å². The molecule has 6 heterocycles. The van der Waals surface area contributed by atoms with Gasteiger partial charge in [0.15, 0.2) is 24.4 Å². The number of hydrogen-bond acceptors (Lipinski definition) is 20. The number of hydrogen-bond donors (Lipinski definition) is 6. The van der Waals surface area contributed by atoms with Crippen molar-refractivity contribution < 1.29 is 116 Å². The first-order chi connectivity index (χ1) is 27.5. The van der Waals surface area contributed by atoms with E-state index in [1.54, 1.807) is 0 Å². The van der Waals surface area contributed by atoms with E-state index in [0.29, 0.717) is 0 Å². The molecule has 0 aromatic heterocycles. The van der Waals surface area contributed by atoms with Gasteiger partial charge in [-0.15, -0.1) is 0 Å². The minimum absolute atomic E-state index is 0.0737. The van der Waals surface area contributed by atoms with Crippen molar-refractivity contribution >= 4 is 47.8 Å². The van der Waals surface area contributed by atoms with E-state index in [1.807, 2.05) is 0 Å². The van der Waals surface area contributed by atoms with Gasteiger partial charge in [-0.1, -0.05) is 0 Å². The fraction of sp³-hybridized carbons (Fsp3) is 0.706. The van der Waals surface area contributed by atoms with Crippen LogP contribution in [0.3, 0.4) is 0 Å². The van der Waals surface area contributed by atoms with E-state index in [1.165, 1.54) is 0 Å². The van der Waals surface area contributed by atoms with Crippen molar-refractivity contribution in [3.05, 3.63) is 11.6 Å². The summed E-state index contributed by atoms with van der Waals surface area (Å²) in [6, 6.07) is 0. The van der Waals surface area contributed by atoms with Gasteiger partial charge in [-0.25, -0.2) is 9.59 Å². The predicted molar refractivity (Wildman–Crippen MR) is 173 cm³/mol. The van der Waals surface area contributed by atoms with E-state index >= 15 is 0 Å². The van der Waals surface area contributed by atoms with Crippen LogP contribution < -0.4 is 0 Å². The van der Waals surface area contributed by atoms with Crippen LogP contribution in [0.4, 0.5) is 0 Å². The second-order valence-corrected chi connectivity index (χ2v) is 14.3. The first-order valence-electron chi connectivity index (χ1n) is 18.0. The van der Waals surface area contributed by atoms with E-state index in [2.05, 4.69) is 0 Å². The van der Waals surface area contributed by atoms with Crippen LogP contribution in [-0.2, 0) is 85.7 Å². The molecule has 0 bridgehead atoms. The van der Waals surface area contributed by atoms with Crippen LogP contribution in [-0.4, -0.2) is 191 Å². The highest BCUT2D eigenvalue weighted by Crippen LogP contribution is 2.34. The van der Waals surface area contributed by atoms with Gasteiger partial charge in [-0.2, -0.15) is 0 Å². The van der Waals surface area contributed by atoms with Crippen LogP contribution in [0.2, 0.25) is 0 Å². The summed E-state index contributed by atoms with van der Waals surface area (Å²) in [5.74, 6) is -17.9. The van der Waals surface area contributed by atoms with E-state index in [-0.39, 0.29) is 32.5 Å². The Balaban J connectivity index is 1.02. The Morgan fingerprint density at radius 3 is 1.21 bits per heavy atom. The number of esters is 4. The lowest BCUT2D eigenvalue weighted by atomic mass is 9.87. The fourth-order valence-electron chi connectivity index (χ4n) is 7.67. The summed E-state index contributed by atoms with van der Waals surface area (Å²) in [4.78, 5) is 99.8. The number of carbonyl (C=O) groups is 8. The molecule has 24 heteroatoms. The molecule has 24 nitrogen and oxygen atoms in total. The van der Waals surface area contributed by atoms with Gasteiger partial charge in [0.1, 0.15) is 48.8 Å². The first kappa shape index (κ1) is 42.8. The van der Waals surface area contributed by atoms with Gasteiger partial charge < -0.3 is 78.0 Å². The number of carboxylic acids is 4. The topological polar surface area (TPSA) is 350 Å². The van der Waals surface area contributed by atoms with Gasteiger partial charge in [0, 0.05) is 6.08 Å². The van der Waals surface area contributed by atoms with Gasteiger partial charge in [0.25, 0.3) is 0 Å². The second kappa shape index (κ2) is 18.0. The van der Waals surface area contributed by atoms with Crippen molar-refractivity contribution in [1.29, 1.82) is 0 Å². The standard InChI is InChI=1S/C34H40O24/c35-15-5-49-27-17(7-51-25(15)27)55-22(39)2-11(31(42)43)12(32(44)45)3-23(40)57-19-9-53-30-20(10-54-29(19)30)58-34(48)14(1-21(37)38)13(33(46)47)4-24(41)56-18-8-52-26-16(36)6-50-28(18)26/h1,11-13,15-20,25-30,35-36H,2-10H2,(H,37,38)(H,42,43)(H,44,45)(H,46,47)/b14-1-/t11?,12?,13?,15-,16-,17+,18-,19-,20-,25-,26-,27-,28-,29-,30-/m1/s1. The largest absolute Gasteiger partial charge is 0.481 e. The van der Waals surface area contributed by atoms with Crippen LogP contribution in [0.5, 0.6) is 0 Å². The third kappa shape index (κ3) is 9.39. The van der Waals surface area contributed by atoms with Gasteiger partial charge in [-0.05, 0) is 0 Å². The first-order valence-corrected chi connectivity index (χ1v) is 18.0. The molecule has 0 radical (unpaired) electrons. The number of aliphatic hydroxyl groups excluding tert-OH is 2. The molecule has 0 saturated carbocycles. The normalized spacial score (nSPS) is 35.2. The molecule has 6 aliphatic heterocycles. The fourth-order valence-corrected chi connectivity index (χ4v) is 7.67. The second-order valence-electron chi connectivity index (χ2n) is 14.3. The SMILES string of the molecule is O=C(O)/C=C(\C(=O)O[C@@H]1CO[C@H]2[C@@H]1OC[C@H]2OC(=O)CC(C(=O)O)C(CC(=O)O[C@H]1CO[C@H]2[C@@H]1OC[C@H]2O)C(=O)O)C(CC(=O)O[C@@H]1CO[C@H]2[C@@H]1OC[C@H]2O)C(=O)O. The smallest absolute Gasteiger partial charge is 0.335 e. The number of aliphatic carboxylic acids is 4. The number of carboxylic acid groups (broad SMARTS) is 4. The maximum absolute atomic E-state index is 13.3. The molecule has 6 fully saturated rings. The summed E-state index contributed by atoms with van der Waals surface area (Å²) in [6.45, 7) is -1.30. The van der Waals surface area contributed by atoms with Gasteiger partial charge in [0.2, 0.25) is 0 Å². The molecule has 3 unspecified atom stereocenters. The third-order valence-electron chi connectivity index (χ3n) is 10.5. The number of rotatable bonds is 17. The molecule has 0 aromatic carbocycles. The lowest BCUT2D eigenvalue weighted by Crippen LogP contribution is -2.39. The predicted octanol–water partition coefficient (Wildman–Crippen LogP) is -3.97. The summed E-state index contributed by atoms with van der Waals surface area (Å²) in [7, 11) is 0. The molecule has 58 heavy (non-hydrogen) atoms. The zero-order chi connectivity index (χ0) is 42.0. The number of ether oxygens (including phenoxy) is 10. The highest BCUT2D eigenvalue weighted by molar-refractivity contribution is 6.01. The third-order valence-corrected chi connectivity index (χ3v) is 10.5. The van der Waals surface area contributed by atoms with Crippen LogP contribution in [0.25, 0.3) is 0 Å². The van der Waals surface area contributed by atoms with Crippen molar-refractivity contribution in [1.82, 2.24) is 0 Å². The van der Waals surface area contributed by atoms with Crippen LogP contribution in [0.1, 0.15) is 19.3 Å². The van der Waals surface area contributed by atoms with E-state index in [0.717, 1.165) is 0 Å². The summed E-state index contributed by atoms with van der Waals surface area (Å²) in [5.41, 5.74) is -0.947. The lowest BCUT2D eigenvalue weighted by molar-refractivity contribution is -0.167. The molecule has 0 aliphatic carbocycles. The maximum atomic E-state index is 13.3. The highest BCUT2D eigenvalue weighted by atomic mass is 16.7. The van der Waals surface area contributed by atoms with Crippen molar-refractivity contribution in [2.75, 3.05) is 39.6 Å². The summed E-state index contributed by atoms with van der Waals surface area (Å²) in [5, 5.41) is 58.7. The molecule has 0 aromatic rings. The zero-order valence-electron chi connectivity index (χ0n) is 30.1. The van der Waals surface area contributed by atoms with E-state index < -0.39 is 177 Å². The van der Waals surface area contributed by atoms with Crippen LogP contribution in [0, 0.1) is 17.8 Å². The Labute approximate surface area is 325 Å². The average Bonchev–Trinajstić information content (AvgIpc) is 4.00. The Morgan fingerprint density at radius 1 is 0.483 bits per heavy atom. The number of fused-ring (bicyclic) bond motifs is 3. The molecule has 6 saturated heterocycles. The van der Waals surface area contributed by atoms with Gasteiger partial charge >= 0.3 is 47.8 Å². The average molecular weight is 833 g/mol. The summed E-state index contributed by atoms with van der Waals surface area (Å²) >= 11 is 0. The van der Waals surface area contributed by atoms with Crippen molar-refractivity contribution in [2.45, 2.75) is 92.5 Å². The maximum Gasteiger partial charge on any atom is 0.335 e. The highest BCUT2D eigenvalue weighted by Gasteiger charge is 2.53. The van der Waals surface area contributed by atoms with Gasteiger partial charge in [0.05, 0.1) is 82.2 Å². The Morgan fingerprint density at radius 2 is 0.828 bits per heavy atom. The molecule has 320 valence electrons. The Hall–Kier alpha value is -4.82. The summed E-state index contributed by atoms with van der Waals surface area (Å²) in [6.07, 6.45) is -14.7. The molecule has 6 aliphatic rings. The molecule has 6 rings (SSSR count). The number of carbonyl (C=O) groups excluding carboxylic acids is 4. The van der Waals surface area contributed by atoms with Gasteiger partial charge in [-0.3, -0.25) is 28.8 Å². The minimum Gasteiger partial charge on any atom is -0.481 e. The van der Waals surface area contributed by atoms with Crippen molar-refractivity contribution in [2.24, 2.45) is 17.8 Å². The molecule has 0 amide bonds. The zero-order valence-corrected chi connectivity index (χ0v) is 30.1.